The zero-order valence-electron chi connectivity index (χ0n) is 10.2. The van der Waals surface area contributed by atoms with Crippen molar-refractivity contribution in [3.05, 3.63) is 42.2 Å². The molecule has 0 aliphatic heterocycles. The quantitative estimate of drug-likeness (QED) is 0.645. The molecular weight excluding hydrogens is 248 g/mol. The van der Waals surface area contributed by atoms with E-state index < -0.39 is 5.91 Å². The molecule has 0 aromatic carbocycles. The number of nitrogens with zero attached hydrogens (tertiary/aromatic N) is 3. The van der Waals surface area contributed by atoms with Crippen molar-refractivity contribution in [2.45, 2.75) is 6.92 Å². The number of rotatable bonds is 5. The first-order valence-electron chi connectivity index (χ1n) is 5.61. The molecule has 0 fully saturated rings. The van der Waals surface area contributed by atoms with Crippen LogP contribution in [0.1, 0.15) is 23.2 Å². The Kier molecular flexibility index (Phi) is 4.22. The predicted octanol–water partition coefficient (Wildman–Crippen LogP) is 1.23. The van der Waals surface area contributed by atoms with Gasteiger partial charge in [-0.3, -0.25) is 9.78 Å². The lowest BCUT2D eigenvalue weighted by molar-refractivity contribution is 0.0912. The van der Waals surface area contributed by atoms with Crippen LogP contribution in [0.5, 0.6) is 5.95 Å². The lowest BCUT2D eigenvalue weighted by atomic mass is 10.3. The molecule has 2 heterocycles. The lowest BCUT2D eigenvalue weighted by Crippen LogP contribution is -2.17. The molecule has 7 nitrogen and oxygen atoms in total. The molecule has 0 saturated heterocycles. The highest BCUT2D eigenvalue weighted by atomic mass is 16.6. The van der Waals surface area contributed by atoms with E-state index in [4.69, 9.17) is 9.15 Å². The average Bonchev–Trinajstić information content (AvgIpc) is 2.89. The van der Waals surface area contributed by atoms with E-state index in [0.29, 0.717) is 6.61 Å². The van der Waals surface area contributed by atoms with Crippen molar-refractivity contribution >= 4 is 12.1 Å². The van der Waals surface area contributed by atoms with Crippen LogP contribution in [0.25, 0.3) is 0 Å². The van der Waals surface area contributed by atoms with Crippen LogP contribution >= 0.6 is 0 Å². The zero-order valence-corrected chi connectivity index (χ0v) is 10.2. The number of oxazole rings is 1. The fourth-order valence-electron chi connectivity index (χ4n) is 1.24. The molecule has 2 rings (SSSR count). The first-order valence-corrected chi connectivity index (χ1v) is 5.61. The maximum absolute atomic E-state index is 11.6. The average molecular weight is 260 g/mol. The van der Waals surface area contributed by atoms with Gasteiger partial charge in [0.15, 0.2) is 0 Å². The fourth-order valence-corrected chi connectivity index (χ4v) is 1.24. The van der Waals surface area contributed by atoms with E-state index in [9.17, 15) is 4.79 Å². The number of carbonyl (C=O) groups is 1. The zero-order chi connectivity index (χ0) is 13.5. The van der Waals surface area contributed by atoms with Crippen LogP contribution in [-0.4, -0.2) is 28.7 Å². The summed E-state index contributed by atoms with van der Waals surface area (Å²) in [5.41, 5.74) is 3.12. The Hall–Kier alpha value is -2.70. The van der Waals surface area contributed by atoms with Crippen molar-refractivity contribution < 1.29 is 13.9 Å². The summed E-state index contributed by atoms with van der Waals surface area (Å²) in [4.78, 5) is 19.2. The van der Waals surface area contributed by atoms with E-state index in [1.54, 1.807) is 31.5 Å². The summed E-state index contributed by atoms with van der Waals surface area (Å²) in [5.74, 6) is -0.447. The summed E-state index contributed by atoms with van der Waals surface area (Å²) in [7, 11) is 0. The number of hydrogen-bond donors (Lipinski definition) is 1. The largest absolute Gasteiger partial charge is 0.464 e. The third-order valence-corrected chi connectivity index (χ3v) is 2.05. The predicted molar refractivity (Wildman–Crippen MR) is 67.0 cm³/mol. The van der Waals surface area contributed by atoms with E-state index in [2.05, 4.69) is 20.5 Å². The van der Waals surface area contributed by atoms with Gasteiger partial charge in [0.2, 0.25) is 0 Å². The molecule has 1 N–H and O–H groups in total. The third-order valence-electron chi connectivity index (χ3n) is 2.05. The Labute approximate surface area is 109 Å². The first-order chi connectivity index (χ1) is 9.29. The van der Waals surface area contributed by atoms with E-state index in [1.165, 1.54) is 12.4 Å². The monoisotopic (exact) mass is 260 g/mol. The smallest absolute Gasteiger partial charge is 0.327 e. The van der Waals surface area contributed by atoms with E-state index in [1.807, 2.05) is 0 Å². The molecule has 0 bridgehead atoms. The molecule has 7 heteroatoms. The van der Waals surface area contributed by atoms with Gasteiger partial charge in [-0.15, -0.1) is 0 Å². The minimum absolute atomic E-state index is 0.102. The number of hydrazone groups is 1. The molecule has 0 radical (unpaired) electrons. The molecule has 0 aliphatic rings. The topological polar surface area (TPSA) is 89.6 Å². The highest BCUT2D eigenvalue weighted by Crippen LogP contribution is 2.11. The van der Waals surface area contributed by atoms with Crippen molar-refractivity contribution in [2.24, 2.45) is 5.10 Å². The van der Waals surface area contributed by atoms with Gasteiger partial charge in [-0.05, 0) is 24.6 Å². The van der Waals surface area contributed by atoms with Gasteiger partial charge >= 0.3 is 11.9 Å². The lowest BCUT2D eigenvalue weighted by Gasteiger charge is -1.95. The van der Waals surface area contributed by atoms with Crippen molar-refractivity contribution in [1.82, 2.24) is 15.4 Å². The Morgan fingerprint density at radius 3 is 3.05 bits per heavy atom. The number of nitrogens with one attached hydrogen (secondary N) is 1. The Morgan fingerprint density at radius 1 is 1.53 bits per heavy atom. The van der Waals surface area contributed by atoms with Crippen molar-refractivity contribution in [3.8, 4) is 5.95 Å². The Bertz CT molecular complexity index is 565. The standard InChI is InChI=1S/C12H12N4O3/c1-2-18-10-8-14-12(19-10)11(17)16-15-7-9-3-5-13-6-4-9/h3-8H,2H2,1H3,(H,16,17)/b15-7+. The Morgan fingerprint density at radius 2 is 2.32 bits per heavy atom. The van der Waals surface area contributed by atoms with Crippen LogP contribution in [0, 0.1) is 0 Å². The van der Waals surface area contributed by atoms with Gasteiger partial charge in [0.05, 0.1) is 12.8 Å². The van der Waals surface area contributed by atoms with Gasteiger partial charge in [-0.25, -0.2) is 10.4 Å². The van der Waals surface area contributed by atoms with Crippen molar-refractivity contribution in [2.75, 3.05) is 6.61 Å². The van der Waals surface area contributed by atoms with Gasteiger partial charge in [0, 0.05) is 12.4 Å². The number of hydrogen-bond acceptors (Lipinski definition) is 6. The van der Waals surface area contributed by atoms with E-state index in [-0.39, 0.29) is 11.8 Å². The molecule has 0 spiro atoms. The van der Waals surface area contributed by atoms with Gasteiger partial charge in [-0.1, -0.05) is 0 Å². The summed E-state index contributed by atoms with van der Waals surface area (Å²) in [5, 5.41) is 3.78. The Balaban J connectivity index is 1.92. The van der Waals surface area contributed by atoms with Gasteiger partial charge in [0.1, 0.15) is 6.20 Å². The number of pyridine rings is 1. The number of carbonyl (C=O) groups excluding carboxylic acids is 1. The summed E-state index contributed by atoms with van der Waals surface area (Å²) in [6.45, 7) is 2.25. The highest BCUT2D eigenvalue weighted by molar-refractivity contribution is 5.90. The van der Waals surface area contributed by atoms with Crippen LogP contribution in [0.3, 0.4) is 0 Å². The van der Waals surface area contributed by atoms with Crippen LogP contribution in [0.4, 0.5) is 0 Å². The van der Waals surface area contributed by atoms with E-state index in [0.717, 1.165) is 5.56 Å². The first kappa shape index (κ1) is 12.7. The maximum Gasteiger partial charge on any atom is 0.327 e. The second kappa shape index (κ2) is 6.29. The normalized spacial score (nSPS) is 10.6. The molecule has 0 unspecified atom stereocenters. The maximum atomic E-state index is 11.6. The molecular formula is C12H12N4O3. The minimum atomic E-state index is -0.545. The van der Waals surface area contributed by atoms with Crippen LogP contribution in [0.2, 0.25) is 0 Å². The fraction of sp³-hybridized carbons (Fsp3) is 0.167. The second-order valence-electron chi connectivity index (χ2n) is 3.40. The van der Waals surface area contributed by atoms with Gasteiger partial charge in [0.25, 0.3) is 5.89 Å². The molecule has 0 saturated carbocycles. The van der Waals surface area contributed by atoms with Gasteiger partial charge in [-0.2, -0.15) is 5.10 Å². The molecule has 1 amide bonds. The van der Waals surface area contributed by atoms with E-state index >= 15 is 0 Å². The van der Waals surface area contributed by atoms with Gasteiger partial charge < -0.3 is 9.15 Å². The molecule has 98 valence electrons. The summed E-state index contributed by atoms with van der Waals surface area (Å²) in [6.07, 6.45) is 6.09. The van der Waals surface area contributed by atoms with Crippen molar-refractivity contribution in [3.63, 3.8) is 0 Å². The molecule has 19 heavy (non-hydrogen) atoms. The summed E-state index contributed by atoms with van der Waals surface area (Å²) >= 11 is 0. The van der Waals surface area contributed by atoms with Crippen molar-refractivity contribution in [1.29, 1.82) is 0 Å². The summed E-state index contributed by atoms with van der Waals surface area (Å²) < 4.78 is 10.1. The molecule has 2 aromatic rings. The SMILES string of the molecule is CCOc1cnc(C(=O)N/N=C/c2ccncc2)o1. The number of ether oxygens (including phenoxy) is 1. The summed E-state index contributed by atoms with van der Waals surface area (Å²) in [6, 6.07) is 3.52. The number of aromatic nitrogens is 2. The molecule has 0 aliphatic carbocycles. The molecule has 2 aromatic heterocycles. The van der Waals surface area contributed by atoms with Crippen LogP contribution < -0.4 is 10.2 Å². The highest BCUT2D eigenvalue weighted by Gasteiger charge is 2.12. The van der Waals surface area contributed by atoms with Crippen LogP contribution in [0.15, 0.2) is 40.2 Å². The number of amides is 1. The second-order valence-corrected chi connectivity index (χ2v) is 3.40. The van der Waals surface area contributed by atoms with Crippen LogP contribution in [-0.2, 0) is 0 Å². The third kappa shape index (κ3) is 3.63. The minimum Gasteiger partial charge on any atom is -0.464 e. The molecule has 0 atom stereocenters.